The summed E-state index contributed by atoms with van der Waals surface area (Å²) in [5, 5.41) is 19.1. The van der Waals surface area contributed by atoms with Crippen LogP contribution in [0, 0.1) is 11.8 Å². The van der Waals surface area contributed by atoms with E-state index in [2.05, 4.69) is 16.0 Å². The second kappa shape index (κ2) is 15.9. The number of rotatable bonds is 5. The van der Waals surface area contributed by atoms with Crippen LogP contribution in [0.15, 0.2) is 48.1 Å². The number of amides is 3. The molecule has 1 aliphatic carbocycles. The number of benzene rings is 1. The van der Waals surface area contributed by atoms with Crippen molar-refractivity contribution in [2.24, 2.45) is 11.8 Å². The number of allylic oxidation sites excluding steroid dienone is 3. The Hall–Kier alpha value is -2.88. The van der Waals surface area contributed by atoms with E-state index in [9.17, 15) is 19.5 Å². The van der Waals surface area contributed by atoms with Crippen molar-refractivity contribution < 1.29 is 24.2 Å². The smallest absolute Gasteiger partial charge is 0.245 e. The van der Waals surface area contributed by atoms with E-state index >= 15 is 0 Å². The highest BCUT2D eigenvalue weighted by Crippen LogP contribution is 2.24. The molecule has 1 aliphatic heterocycles. The predicted octanol–water partition coefficient (Wildman–Crippen LogP) is 2.57. The molecule has 4 N–H and O–H groups in total. The molecule has 0 spiro atoms. The van der Waals surface area contributed by atoms with Gasteiger partial charge in [0.1, 0.15) is 24.4 Å². The number of aryl methyl sites for hydroxylation is 1. The molecule has 0 fully saturated rings. The Morgan fingerprint density at radius 3 is 2.63 bits per heavy atom. The fourth-order valence-corrected chi connectivity index (χ4v) is 5.23. The number of nitrogens with one attached hydrogen (secondary N) is 3. The minimum atomic E-state index is -1.16. The number of ether oxygens (including phenoxy) is 1. The summed E-state index contributed by atoms with van der Waals surface area (Å²) in [6.07, 6.45) is 8.14. The summed E-state index contributed by atoms with van der Waals surface area (Å²) in [6, 6.07) is 5.18. The average Bonchev–Trinajstić information content (AvgIpc) is 2.96. The number of aliphatic hydroxyl groups excluding tert-OH is 1. The molecule has 0 radical (unpaired) electrons. The lowest BCUT2D eigenvalue weighted by atomic mass is 9.93. The summed E-state index contributed by atoms with van der Waals surface area (Å²) in [6.45, 7) is 6.58. The quantitative estimate of drug-likeness (QED) is 0.393. The van der Waals surface area contributed by atoms with Crippen LogP contribution in [0.3, 0.4) is 0 Å². The van der Waals surface area contributed by atoms with Gasteiger partial charge in [-0.05, 0) is 41.9 Å². The molecule has 10 heteroatoms. The molecular weight excluding hydrogens is 544 g/mol. The Morgan fingerprint density at radius 1 is 1.17 bits per heavy atom. The van der Waals surface area contributed by atoms with Crippen LogP contribution in [0.5, 0.6) is 5.75 Å². The van der Waals surface area contributed by atoms with Gasteiger partial charge in [-0.1, -0.05) is 63.6 Å². The highest BCUT2D eigenvalue weighted by Gasteiger charge is 2.35. The molecule has 1 aromatic rings. The lowest BCUT2D eigenvalue weighted by molar-refractivity contribution is -0.143. The third kappa shape index (κ3) is 9.05. The maximum Gasteiger partial charge on any atom is 0.245 e. The third-order valence-corrected chi connectivity index (χ3v) is 8.48. The van der Waals surface area contributed by atoms with Crippen LogP contribution in [0.25, 0.3) is 0 Å². The number of hydrogen-bond donors (Lipinski definition) is 4. The lowest BCUT2D eigenvalue weighted by Gasteiger charge is -2.33. The van der Waals surface area contributed by atoms with Crippen molar-refractivity contribution in [2.45, 2.75) is 70.0 Å². The van der Waals surface area contributed by atoms with E-state index in [4.69, 9.17) is 16.3 Å². The van der Waals surface area contributed by atoms with Gasteiger partial charge < -0.3 is 30.7 Å². The van der Waals surface area contributed by atoms with Gasteiger partial charge in [-0.25, -0.2) is 0 Å². The minimum Gasteiger partial charge on any atom is -0.492 e. The molecule has 226 valence electrons. The van der Waals surface area contributed by atoms with Crippen molar-refractivity contribution in [3.05, 3.63) is 53.6 Å². The van der Waals surface area contributed by atoms with Gasteiger partial charge in [-0.3, -0.25) is 14.4 Å². The largest absolute Gasteiger partial charge is 0.492 e. The Morgan fingerprint density at radius 2 is 1.93 bits per heavy atom. The maximum absolute atomic E-state index is 13.6. The molecule has 9 nitrogen and oxygen atoms in total. The summed E-state index contributed by atoms with van der Waals surface area (Å²) in [4.78, 5) is 41.7. The number of alkyl halides is 1. The van der Waals surface area contributed by atoms with Crippen LogP contribution in [-0.4, -0.2) is 84.6 Å². The van der Waals surface area contributed by atoms with Crippen LogP contribution < -0.4 is 20.7 Å². The standard InChI is InChI=1S/C31H45ClN4O5/c1-5-20(2)28-31(40)36(4)26(19-37)30(39)35-25(18-22-12-13-24(32)21(3)17-22)29(38)34-14-8-10-23-9-6-7-11-27(23)41-16-15-33-28/h6-7,9,11-13,17,20-21,24-26,28,33,37H,5,8,10,14-16,18-19H2,1-4H3,(H,34,38)(H,35,39)/t20?,21?,24?,25-,26+,28+/m1/s1. The lowest BCUT2D eigenvalue weighted by Crippen LogP contribution is -2.59. The molecule has 0 saturated heterocycles. The first-order valence-electron chi connectivity index (χ1n) is 14.6. The van der Waals surface area contributed by atoms with Crippen molar-refractivity contribution in [1.29, 1.82) is 0 Å². The summed E-state index contributed by atoms with van der Waals surface area (Å²) in [7, 11) is 1.51. The minimum absolute atomic E-state index is 0.0264. The van der Waals surface area contributed by atoms with Gasteiger partial charge in [-0.15, -0.1) is 11.6 Å². The van der Waals surface area contributed by atoms with Crippen LogP contribution >= 0.6 is 11.6 Å². The number of nitrogens with zero attached hydrogens (tertiary/aromatic N) is 1. The number of carbonyl (C=O) groups excluding carboxylic acids is 3. The van der Waals surface area contributed by atoms with Crippen molar-refractivity contribution in [3.63, 3.8) is 0 Å². The number of fused-ring (bicyclic) bond motifs is 1. The predicted molar refractivity (Wildman–Crippen MR) is 161 cm³/mol. The monoisotopic (exact) mass is 588 g/mol. The van der Waals surface area contributed by atoms with Crippen LogP contribution in [-0.2, 0) is 20.8 Å². The second-order valence-electron chi connectivity index (χ2n) is 11.0. The second-order valence-corrected chi connectivity index (χ2v) is 11.5. The summed E-state index contributed by atoms with van der Waals surface area (Å²) < 4.78 is 6.05. The maximum atomic E-state index is 13.6. The molecule has 2 aliphatic rings. The molecular formula is C31H45ClN4O5. The molecule has 3 rings (SSSR count). The van der Waals surface area contributed by atoms with Crippen molar-refractivity contribution >= 4 is 29.3 Å². The molecule has 0 aromatic heterocycles. The Labute approximate surface area is 248 Å². The summed E-state index contributed by atoms with van der Waals surface area (Å²) in [5.74, 6) is -0.399. The zero-order valence-electron chi connectivity index (χ0n) is 24.6. The average molecular weight is 589 g/mol. The van der Waals surface area contributed by atoms with Gasteiger partial charge in [-0.2, -0.15) is 0 Å². The van der Waals surface area contributed by atoms with Gasteiger partial charge in [0.15, 0.2) is 0 Å². The summed E-state index contributed by atoms with van der Waals surface area (Å²) in [5.41, 5.74) is 1.92. The number of likely N-dealkylation sites (N-methyl/N-ethyl adjacent to an activating group) is 1. The molecule has 0 bridgehead atoms. The Kier molecular flexibility index (Phi) is 12.7. The van der Waals surface area contributed by atoms with Gasteiger partial charge in [0.25, 0.3) is 0 Å². The van der Waals surface area contributed by atoms with E-state index in [0.29, 0.717) is 32.5 Å². The third-order valence-electron chi connectivity index (χ3n) is 7.93. The van der Waals surface area contributed by atoms with Crippen molar-refractivity contribution in [2.75, 3.05) is 33.4 Å². The number of aliphatic hydroxyl groups is 1. The van der Waals surface area contributed by atoms with Crippen molar-refractivity contribution in [3.8, 4) is 5.75 Å². The highest BCUT2D eigenvalue weighted by atomic mass is 35.5. The van der Waals surface area contributed by atoms with E-state index in [0.717, 1.165) is 23.3 Å². The van der Waals surface area contributed by atoms with E-state index in [-0.39, 0.29) is 35.4 Å². The van der Waals surface area contributed by atoms with Crippen LogP contribution in [0.4, 0.5) is 0 Å². The highest BCUT2D eigenvalue weighted by molar-refractivity contribution is 6.22. The molecule has 1 heterocycles. The molecule has 41 heavy (non-hydrogen) atoms. The topological polar surface area (TPSA) is 120 Å². The number of hydrogen-bond acceptors (Lipinski definition) is 6. The molecule has 0 saturated carbocycles. The number of halogens is 1. The van der Waals surface area contributed by atoms with Gasteiger partial charge in [0.2, 0.25) is 17.7 Å². The normalized spacial score (nSPS) is 27.9. The first-order chi connectivity index (χ1) is 19.7. The molecule has 6 atom stereocenters. The Bertz CT molecular complexity index is 1110. The molecule has 3 amide bonds. The van der Waals surface area contributed by atoms with Crippen LogP contribution in [0.1, 0.15) is 45.6 Å². The number of carbonyl (C=O) groups is 3. The van der Waals surface area contributed by atoms with Gasteiger partial charge in [0.05, 0.1) is 18.0 Å². The zero-order chi connectivity index (χ0) is 29.9. The fourth-order valence-electron chi connectivity index (χ4n) is 5.09. The first kappa shape index (κ1) is 32.6. The zero-order valence-corrected chi connectivity index (χ0v) is 25.3. The summed E-state index contributed by atoms with van der Waals surface area (Å²) >= 11 is 6.31. The van der Waals surface area contributed by atoms with E-state index in [1.165, 1.54) is 11.9 Å². The van der Waals surface area contributed by atoms with Crippen molar-refractivity contribution in [1.82, 2.24) is 20.9 Å². The van der Waals surface area contributed by atoms with Crippen LogP contribution in [0.2, 0.25) is 0 Å². The van der Waals surface area contributed by atoms with E-state index in [1.807, 2.05) is 63.3 Å². The molecule has 1 aromatic carbocycles. The van der Waals surface area contributed by atoms with Gasteiger partial charge in [0, 0.05) is 26.6 Å². The van der Waals surface area contributed by atoms with E-state index in [1.54, 1.807) is 0 Å². The fraction of sp³-hybridized carbons (Fsp3) is 0.581. The Balaban J connectivity index is 1.88. The number of para-hydroxylation sites is 1. The first-order valence-corrected chi connectivity index (χ1v) is 15.0. The van der Waals surface area contributed by atoms with Gasteiger partial charge >= 0.3 is 0 Å². The molecule has 3 unspecified atom stereocenters. The van der Waals surface area contributed by atoms with E-state index < -0.39 is 30.6 Å². The SMILES string of the molecule is CCC(C)[C@@H]1NCCOc2ccccc2CCCNC(=O)[C@@H](CC2=CC(C)C(Cl)C=C2)NC(=O)[C@H](CO)N(C)C1=O.